The van der Waals surface area contributed by atoms with Crippen LogP contribution in [0, 0.1) is 19.7 Å². The second-order valence-corrected chi connectivity index (χ2v) is 8.24. The number of rotatable bonds is 4. The highest BCUT2D eigenvalue weighted by molar-refractivity contribution is 6.46. The van der Waals surface area contributed by atoms with Gasteiger partial charge in [0.05, 0.1) is 17.3 Å². The molecule has 1 aromatic carbocycles. The van der Waals surface area contributed by atoms with Crippen molar-refractivity contribution in [1.82, 2.24) is 19.3 Å². The van der Waals surface area contributed by atoms with Gasteiger partial charge in [-0.1, -0.05) is 30.3 Å². The lowest BCUT2D eigenvalue weighted by Gasteiger charge is -2.25. The van der Waals surface area contributed by atoms with Crippen LogP contribution >= 0.6 is 0 Å². The average molecular weight is 456 g/mol. The van der Waals surface area contributed by atoms with Gasteiger partial charge in [0.15, 0.2) is 5.76 Å². The Morgan fingerprint density at radius 1 is 1.09 bits per heavy atom. The summed E-state index contributed by atoms with van der Waals surface area (Å²) in [4.78, 5) is 36.2. The molecule has 1 amide bonds. The van der Waals surface area contributed by atoms with Crippen molar-refractivity contribution in [3.05, 3.63) is 107 Å². The highest BCUT2D eigenvalue weighted by Crippen LogP contribution is 2.41. The summed E-state index contributed by atoms with van der Waals surface area (Å²) in [6.45, 7) is 3.67. The molecule has 34 heavy (non-hydrogen) atoms. The Hall–Kier alpha value is -4.33. The number of halogens is 1. The van der Waals surface area contributed by atoms with Gasteiger partial charge in [0.25, 0.3) is 11.7 Å². The largest absolute Gasteiger partial charge is 0.505 e. The van der Waals surface area contributed by atoms with E-state index in [2.05, 4.69) is 9.97 Å². The maximum Gasteiger partial charge on any atom is 0.295 e. The molecule has 0 spiro atoms. The predicted octanol–water partition coefficient (Wildman–Crippen LogP) is 4.11. The molecule has 1 aliphatic rings. The second kappa shape index (κ2) is 8.22. The van der Waals surface area contributed by atoms with Crippen LogP contribution in [0.3, 0.4) is 0 Å². The summed E-state index contributed by atoms with van der Waals surface area (Å²) in [5.41, 5.74) is 2.87. The number of hydrogen-bond donors (Lipinski definition) is 1. The Kier molecular flexibility index (Phi) is 5.20. The standard InChI is InChI=1S/C26H21FN4O3/c1-15-7-6-12-30-16(2)21(29-25(15)30)23(32)20-22(18-9-3-4-10-19(18)27)31(26(34)24(20)33)14-17-8-5-11-28-13-17/h3-13,22,32H,14H2,1-2H3. The van der Waals surface area contributed by atoms with Gasteiger partial charge in [-0.3, -0.25) is 14.6 Å². The Bertz CT molecular complexity index is 1480. The normalized spacial score (nSPS) is 17.6. The molecule has 1 atom stereocenters. The first-order chi connectivity index (χ1) is 16.4. The van der Waals surface area contributed by atoms with E-state index in [0.717, 1.165) is 5.56 Å². The number of likely N-dealkylation sites (tertiary alicyclic amines) is 1. The minimum atomic E-state index is -1.12. The molecule has 0 saturated carbocycles. The molecule has 4 heterocycles. The van der Waals surface area contributed by atoms with E-state index < -0.39 is 29.3 Å². The van der Waals surface area contributed by atoms with Crippen LogP contribution < -0.4 is 0 Å². The summed E-state index contributed by atoms with van der Waals surface area (Å²) in [5, 5.41) is 11.4. The number of nitrogens with zero attached hydrogens (tertiary/aromatic N) is 4. The van der Waals surface area contributed by atoms with Gasteiger partial charge in [-0.25, -0.2) is 9.37 Å². The molecule has 8 heteroatoms. The number of fused-ring (bicyclic) bond motifs is 1. The third-order valence-corrected chi connectivity index (χ3v) is 6.12. The van der Waals surface area contributed by atoms with Crippen molar-refractivity contribution in [3.63, 3.8) is 0 Å². The molecule has 3 aromatic heterocycles. The Morgan fingerprint density at radius 3 is 2.59 bits per heavy atom. The number of aryl methyl sites for hydroxylation is 2. The van der Waals surface area contributed by atoms with E-state index >= 15 is 0 Å². The summed E-state index contributed by atoms with van der Waals surface area (Å²) in [6.07, 6.45) is 4.98. The number of amides is 1. The van der Waals surface area contributed by atoms with E-state index in [-0.39, 0.29) is 23.4 Å². The van der Waals surface area contributed by atoms with Crippen molar-refractivity contribution >= 4 is 23.1 Å². The van der Waals surface area contributed by atoms with Crippen LogP contribution in [0.1, 0.15) is 34.1 Å². The molecule has 4 aromatic rings. The van der Waals surface area contributed by atoms with Crippen LogP contribution in [-0.2, 0) is 16.1 Å². The summed E-state index contributed by atoms with van der Waals surface area (Å²) in [6, 6.07) is 12.0. The molecule has 1 saturated heterocycles. The lowest BCUT2D eigenvalue weighted by molar-refractivity contribution is -0.140. The van der Waals surface area contributed by atoms with Crippen molar-refractivity contribution in [3.8, 4) is 0 Å². The highest BCUT2D eigenvalue weighted by atomic mass is 19.1. The molecule has 1 aliphatic heterocycles. The number of pyridine rings is 2. The quantitative estimate of drug-likeness (QED) is 0.284. The van der Waals surface area contributed by atoms with Crippen molar-refractivity contribution in [2.24, 2.45) is 0 Å². The van der Waals surface area contributed by atoms with Crippen molar-refractivity contribution in [2.45, 2.75) is 26.4 Å². The zero-order chi connectivity index (χ0) is 24.0. The van der Waals surface area contributed by atoms with Crippen molar-refractivity contribution in [1.29, 1.82) is 0 Å². The summed E-state index contributed by atoms with van der Waals surface area (Å²) < 4.78 is 16.8. The first-order valence-electron chi connectivity index (χ1n) is 10.7. The fraction of sp³-hybridized carbons (Fsp3) is 0.154. The number of aliphatic hydroxyl groups excluding tert-OH is 1. The number of ketones is 1. The number of Topliss-reactive ketones (excluding diaryl/α,β-unsaturated/α-hetero) is 1. The average Bonchev–Trinajstić information content (AvgIpc) is 3.30. The molecule has 5 rings (SSSR count). The molecule has 0 bridgehead atoms. The van der Waals surface area contributed by atoms with Gasteiger partial charge in [0, 0.05) is 30.7 Å². The number of benzene rings is 1. The molecule has 170 valence electrons. The van der Waals surface area contributed by atoms with Crippen LogP contribution in [0.15, 0.2) is 72.7 Å². The molecular weight excluding hydrogens is 435 g/mol. The van der Waals surface area contributed by atoms with Crippen LogP contribution in [0.2, 0.25) is 0 Å². The number of hydrogen-bond acceptors (Lipinski definition) is 5. The van der Waals surface area contributed by atoms with Crippen LogP contribution in [0.5, 0.6) is 0 Å². The van der Waals surface area contributed by atoms with E-state index in [9.17, 15) is 19.1 Å². The van der Waals surface area contributed by atoms with Gasteiger partial charge < -0.3 is 14.4 Å². The molecule has 1 fully saturated rings. The number of aromatic nitrogens is 3. The first kappa shape index (κ1) is 21.5. The van der Waals surface area contributed by atoms with E-state index in [0.29, 0.717) is 16.9 Å². The lowest BCUT2D eigenvalue weighted by atomic mass is 9.95. The summed E-state index contributed by atoms with van der Waals surface area (Å²) >= 11 is 0. The summed E-state index contributed by atoms with van der Waals surface area (Å²) in [7, 11) is 0. The number of carbonyl (C=O) groups excluding carboxylic acids is 2. The number of imidazole rings is 1. The molecule has 1 unspecified atom stereocenters. The third-order valence-electron chi connectivity index (χ3n) is 6.12. The fourth-order valence-corrected chi connectivity index (χ4v) is 4.43. The van der Waals surface area contributed by atoms with Crippen molar-refractivity contribution < 1.29 is 19.1 Å². The van der Waals surface area contributed by atoms with E-state index in [1.807, 2.05) is 19.1 Å². The van der Waals surface area contributed by atoms with Crippen LogP contribution in [-0.4, -0.2) is 36.1 Å². The van der Waals surface area contributed by atoms with Gasteiger partial charge in [0.1, 0.15) is 17.2 Å². The monoisotopic (exact) mass is 456 g/mol. The fourth-order valence-electron chi connectivity index (χ4n) is 4.43. The second-order valence-electron chi connectivity index (χ2n) is 8.24. The van der Waals surface area contributed by atoms with E-state index in [1.165, 1.54) is 23.1 Å². The Balaban J connectivity index is 1.73. The minimum Gasteiger partial charge on any atom is -0.505 e. The number of carbonyl (C=O) groups is 2. The van der Waals surface area contributed by atoms with Gasteiger partial charge in [-0.05, 0) is 43.2 Å². The highest BCUT2D eigenvalue weighted by Gasteiger charge is 2.47. The lowest BCUT2D eigenvalue weighted by Crippen LogP contribution is -2.29. The minimum absolute atomic E-state index is 0.0252. The third kappa shape index (κ3) is 3.35. The SMILES string of the molecule is Cc1cccn2c(C)c(C(O)=C3C(=O)C(=O)N(Cc4cccnc4)C3c3ccccc3F)nc12. The van der Waals surface area contributed by atoms with Crippen LogP contribution in [0.4, 0.5) is 4.39 Å². The van der Waals surface area contributed by atoms with E-state index in [4.69, 9.17) is 0 Å². The zero-order valence-corrected chi connectivity index (χ0v) is 18.6. The zero-order valence-electron chi connectivity index (χ0n) is 18.6. The molecular formula is C26H21FN4O3. The molecule has 0 radical (unpaired) electrons. The Morgan fingerprint density at radius 2 is 1.88 bits per heavy atom. The van der Waals surface area contributed by atoms with Gasteiger partial charge in [-0.2, -0.15) is 0 Å². The van der Waals surface area contributed by atoms with Crippen LogP contribution in [0.25, 0.3) is 11.4 Å². The molecule has 7 nitrogen and oxygen atoms in total. The molecule has 0 aliphatic carbocycles. The predicted molar refractivity (Wildman–Crippen MR) is 123 cm³/mol. The topological polar surface area (TPSA) is 87.8 Å². The van der Waals surface area contributed by atoms with Gasteiger partial charge in [0.2, 0.25) is 0 Å². The molecule has 1 N–H and O–H groups in total. The first-order valence-corrected chi connectivity index (χ1v) is 10.7. The Labute approximate surface area is 194 Å². The van der Waals surface area contributed by atoms with Crippen molar-refractivity contribution in [2.75, 3.05) is 0 Å². The maximum absolute atomic E-state index is 15.0. The summed E-state index contributed by atoms with van der Waals surface area (Å²) in [5.74, 6) is -2.72. The maximum atomic E-state index is 15.0. The van der Waals surface area contributed by atoms with Gasteiger partial charge in [-0.15, -0.1) is 0 Å². The van der Waals surface area contributed by atoms with Gasteiger partial charge >= 0.3 is 0 Å². The van der Waals surface area contributed by atoms with E-state index in [1.54, 1.807) is 48.1 Å². The number of aliphatic hydroxyl groups is 1. The smallest absolute Gasteiger partial charge is 0.295 e.